The Hall–Kier alpha value is -2.83. The molecule has 3 aromatic rings. The number of anilines is 1. The summed E-state index contributed by atoms with van der Waals surface area (Å²) in [5.74, 6) is -0.270. The quantitative estimate of drug-likeness (QED) is 0.457. The van der Waals surface area contributed by atoms with E-state index in [0.717, 1.165) is 16.0 Å². The molecule has 0 fully saturated rings. The molecule has 1 atom stereocenters. The van der Waals surface area contributed by atoms with Gasteiger partial charge in [0, 0.05) is 9.90 Å². The molecule has 7 heteroatoms. The van der Waals surface area contributed by atoms with Crippen molar-refractivity contribution in [2.24, 2.45) is 0 Å². The highest BCUT2D eigenvalue weighted by atomic mass is 35.5. The van der Waals surface area contributed by atoms with E-state index in [0.29, 0.717) is 21.3 Å². The molecule has 0 saturated carbocycles. The summed E-state index contributed by atoms with van der Waals surface area (Å²) >= 11 is 7.29. The van der Waals surface area contributed by atoms with Gasteiger partial charge in [0.05, 0.1) is 12.2 Å². The van der Waals surface area contributed by atoms with E-state index >= 15 is 0 Å². The fourth-order valence-corrected chi connectivity index (χ4v) is 4.07. The monoisotopic (exact) mass is 443 g/mol. The fourth-order valence-electron chi connectivity index (χ4n) is 2.79. The number of rotatable bonds is 7. The molecule has 1 amide bonds. The van der Waals surface area contributed by atoms with Gasteiger partial charge in [-0.2, -0.15) is 0 Å². The largest absolute Gasteiger partial charge is 0.481 e. The van der Waals surface area contributed by atoms with Gasteiger partial charge < -0.3 is 14.8 Å². The van der Waals surface area contributed by atoms with Crippen molar-refractivity contribution in [3.05, 3.63) is 70.7 Å². The number of nitrogens with one attached hydrogen (secondary N) is 1. The lowest BCUT2D eigenvalue weighted by Gasteiger charge is -2.16. The van der Waals surface area contributed by atoms with E-state index in [1.807, 2.05) is 37.3 Å². The number of esters is 1. The zero-order valence-corrected chi connectivity index (χ0v) is 18.5. The van der Waals surface area contributed by atoms with E-state index in [1.54, 1.807) is 38.1 Å². The zero-order valence-electron chi connectivity index (χ0n) is 16.9. The van der Waals surface area contributed by atoms with Crippen LogP contribution in [0.2, 0.25) is 5.02 Å². The summed E-state index contributed by atoms with van der Waals surface area (Å²) in [6.45, 7) is 5.50. The van der Waals surface area contributed by atoms with Gasteiger partial charge in [-0.05, 0) is 56.2 Å². The van der Waals surface area contributed by atoms with Crippen LogP contribution in [0.5, 0.6) is 5.75 Å². The number of halogens is 1. The Kier molecular flexibility index (Phi) is 7.13. The van der Waals surface area contributed by atoms with Gasteiger partial charge in [-0.15, -0.1) is 11.3 Å². The normalized spacial score (nSPS) is 11.6. The van der Waals surface area contributed by atoms with Crippen molar-refractivity contribution in [2.45, 2.75) is 26.9 Å². The van der Waals surface area contributed by atoms with Crippen LogP contribution in [0, 0.1) is 6.92 Å². The standard InChI is InChI=1S/C23H22ClNO4S/c1-4-28-23(27)18-13-20(16-8-6-5-7-9-16)30-22(18)25-21(26)15(3)29-19-11-10-17(24)12-14(19)2/h5-13,15H,4H2,1-3H3,(H,25,26). The highest BCUT2D eigenvalue weighted by Crippen LogP contribution is 2.36. The third-order valence-corrected chi connectivity index (χ3v) is 5.67. The Morgan fingerprint density at radius 1 is 1.13 bits per heavy atom. The van der Waals surface area contributed by atoms with Crippen LogP contribution < -0.4 is 10.1 Å². The minimum absolute atomic E-state index is 0.248. The van der Waals surface area contributed by atoms with Gasteiger partial charge in [0.15, 0.2) is 6.10 Å². The predicted octanol–water partition coefficient (Wildman–Crippen LogP) is 5.96. The van der Waals surface area contributed by atoms with Crippen LogP contribution in [0.25, 0.3) is 10.4 Å². The van der Waals surface area contributed by atoms with Crippen molar-refractivity contribution in [3.63, 3.8) is 0 Å². The summed E-state index contributed by atoms with van der Waals surface area (Å²) in [4.78, 5) is 26.0. The molecule has 1 unspecified atom stereocenters. The highest BCUT2D eigenvalue weighted by molar-refractivity contribution is 7.20. The average Bonchev–Trinajstić information content (AvgIpc) is 3.14. The Morgan fingerprint density at radius 2 is 1.87 bits per heavy atom. The third kappa shape index (κ3) is 5.20. The van der Waals surface area contributed by atoms with Crippen LogP contribution in [0.3, 0.4) is 0 Å². The maximum Gasteiger partial charge on any atom is 0.341 e. The third-order valence-electron chi connectivity index (χ3n) is 4.33. The molecule has 5 nitrogen and oxygen atoms in total. The number of amides is 1. The van der Waals surface area contributed by atoms with E-state index in [4.69, 9.17) is 21.1 Å². The van der Waals surface area contributed by atoms with Crippen molar-refractivity contribution >= 4 is 39.8 Å². The van der Waals surface area contributed by atoms with Crippen molar-refractivity contribution < 1.29 is 19.1 Å². The van der Waals surface area contributed by atoms with Gasteiger partial charge in [-0.1, -0.05) is 41.9 Å². The van der Waals surface area contributed by atoms with Gasteiger partial charge in [-0.25, -0.2) is 4.79 Å². The topological polar surface area (TPSA) is 64.6 Å². The first-order chi connectivity index (χ1) is 14.4. The molecule has 0 bridgehead atoms. The molecule has 30 heavy (non-hydrogen) atoms. The van der Waals surface area contributed by atoms with Gasteiger partial charge in [0.1, 0.15) is 10.8 Å². The molecule has 0 aliphatic heterocycles. The smallest absolute Gasteiger partial charge is 0.341 e. The molecule has 3 rings (SSSR count). The minimum Gasteiger partial charge on any atom is -0.481 e. The summed E-state index contributed by atoms with van der Waals surface area (Å²) in [5, 5.41) is 3.85. The first-order valence-electron chi connectivity index (χ1n) is 9.49. The number of aryl methyl sites for hydroxylation is 1. The van der Waals surface area contributed by atoms with Gasteiger partial charge in [0.25, 0.3) is 5.91 Å². The molecule has 1 N–H and O–H groups in total. The average molecular weight is 444 g/mol. The van der Waals surface area contributed by atoms with Crippen LogP contribution in [-0.4, -0.2) is 24.6 Å². The molecule has 0 radical (unpaired) electrons. The maximum absolute atomic E-state index is 12.8. The van der Waals surface area contributed by atoms with Crippen LogP contribution in [0.1, 0.15) is 29.8 Å². The first-order valence-corrected chi connectivity index (χ1v) is 10.7. The Balaban J connectivity index is 1.82. The number of hydrogen-bond donors (Lipinski definition) is 1. The molecule has 156 valence electrons. The second kappa shape index (κ2) is 9.78. The van der Waals surface area contributed by atoms with E-state index in [1.165, 1.54) is 11.3 Å². The second-order valence-corrected chi connectivity index (χ2v) is 8.09. The van der Waals surface area contributed by atoms with Gasteiger partial charge in [0.2, 0.25) is 0 Å². The number of carbonyl (C=O) groups is 2. The lowest BCUT2D eigenvalue weighted by Crippen LogP contribution is -2.30. The second-order valence-electron chi connectivity index (χ2n) is 6.60. The summed E-state index contributed by atoms with van der Waals surface area (Å²) in [6, 6.07) is 16.6. The molecule has 0 aliphatic rings. The SMILES string of the molecule is CCOC(=O)c1cc(-c2ccccc2)sc1NC(=O)C(C)Oc1ccc(Cl)cc1C. The number of carbonyl (C=O) groups excluding carboxylic acids is 2. The number of ether oxygens (including phenoxy) is 2. The Labute approximate surface area is 184 Å². The molecular weight excluding hydrogens is 422 g/mol. The van der Waals surface area contributed by atoms with E-state index < -0.39 is 12.1 Å². The minimum atomic E-state index is -0.776. The summed E-state index contributed by atoms with van der Waals surface area (Å²) in [7, 11) is 0. The van der Waals surface area contributed by atoms with E-state index in [9.17, 15) is 9.59 Å². The van der Waals surface area contributed by atoms with Crippen molar-refractivity contribution in [3.8, 4) is 16.2 Å². The van der Waals surface area contributed by atoms with Crippen molar-refractivity contribution in [2.75, 3.05) is 11.9 Å². The zero-order chi connectivity index (χ0) is 21.7. The van der Waals surface area contributed by atoms with Crippen molar-refractivity contribution in [1.82, 2.24) is 0 Å². The number of benzene rings is 2. The Morgan fingerprint density at radius 3 is 2.53 bits per heavy atom. The fraction of sp³-hybridized carbons (Fsp3) is 0.217. The molecule has 1 heterocycles. The Bertz CT molecular complexity index is 1050. The van der Waals surface area contributed by atoms with Crippen molar-refractivity contribution in [1.29, 1.82) is 0 Å². The predicted molar refractivity (Wildman–Crippen MR) is 121 cm³/mol. The lowest BCUT2D eigenvalue weighted by atomic mass is 10.1. The summed E-state index contributed by atoms with van der Waals surface area (Å²) in [5.41, 5.74) is 2.11. The van der Waals surface area contributed by atoms with E-state index in [-0.39, 0.29) is 12.5 Å². The summed E-state index contributed by atoms with van der Waals surface area (Å²) in [6.07, 6.45) is -0.776. The van der Waals surface area contributed by atoms with Gasteiger partial charge >= 0.3 is 5.97 Å². The first kappa shape index (κ1) is 21.9. The molecular formula is C23H22ClNO4S. The summed E-state index contributed by atoms with van der Waals surface area (Å²) < 4.78 is 10.9. The van der Waals surface area contributed by atoms with Crippen LogP contribution >= 0.6 is 22.9 Å². The molecule has 1 aromatic heterocycles. The maximum atomic E-state index is 12.8. The highest BCUT2D eigenvalue weighted by Gasteiger charge is 2.23. The molecule has 0 aliphatic carbocycles. The van der Waals surface area contributed by atoms with E-state index in [2.05, 4.69) is 5.32 Å². The van der Waals surface area contributed by atoms with Crippen LogP contribution in [0.15, 0.2) is 54.6 Å². The number of hydrogen-bond acceptors (Lipinski definition) is 5. The van der Waals surface area contributed by atoms with Crippen LogP contribution in [-0.2, 0) is 9.53 Å². The molecule has 0 spiro atoms. The number of thiophene rings is 1. The molecule has 2 aromatic carbocycles. The van der Waals surface area contributed by atoms with Gasteiger partial charge in [-0.3, -0.25) is 4.79 Å². The van der Waals surface area contributed by atoms with Crippen LogP contribution in [0.4, 0.5) is 5.00 Å². The molecule has 0 saturated heterocycles. The lowest BCUT2D eigenvalue weighted by molar-refractivity contribution is -0.122.